The minimum Gasteiger partial charge on any atom is -0.497 e. The third kappa shape index (κ3) is 5.96. The molecule has 2 fully saturated rings. The summed E-state index contributed by atoms with van der Waals surface area (Å²) in [5.74, 6) is 1.16. The lowest BCUT2D eigenvalue weighted by Crippen LogP contribution is -2.35. The normalized spacial score (nSPS) is 18.3. The Labute approximate surface area is 232 Å². The van der Waals surface area contributed by atoms with Gasteiger partial charge >= 0.3 is 0 Å². The van der Waals surface area contributed by atoms with Gasteiger partial charge in [-0.2, -0.15) is 5.26 Å². The average Bonchev–Trinajstić information content (AvgIpc) is 3.53. The molecule has 200 valence electrons. The molecule has 1 aromatic carbocycles. The minimum absolute atomic E-state index is 0.0125. The fourth-order valence-electron chi connectivity index (χ4n) is 4.59. The molecule has 1 atom stereocenters. The second-order valence-corrected chi connectivity index (χ2v) is 11.0. The molecule has 0 aliphatic carbocycles. The maximum atomic E-state index is 13.4. The van der Waals surface area contributed by atoms with Gasteiger partial charge in [0.05, 0.1) is 24.7 Å². The fourth-order valence-corrected chi connectivity index (χ4v) is 5.85. The monoisotopic (exact) mass is 552 g/mol. The van der Waals surface area contributed by atoms with Crippen LogP contribution in [0.4, 0.5) is 5.82 Å². The van der Waals surface area contributed by atoms with Gasteiger partial charge in [-0.05, 0) is 55.5 Å². The molecule has 1 amide bonds. The zero-order chi connectivity index (χ0) is 27.2. The lowest BCUT2D eigenvalue weighted by molar-refractivity contribution is -0.123. The number of unbranched alkanes of at least 4 members (excludes halogenated alkanes) is 1. The molecule has 2 aliphatic rings. The van der Waals surface area contributed by atoms with Gasteiger partial charge in [0.15, 0.2) is 0 Å². The van der Waals surface area contributed by atoms with Crippen molar-refractivity contribution in [3.63, 3.8) is 0 Å². The second kappa shape index (κ2) is 12.6. The lowest BCUT2D eigenvalue weighted by Gasteiger charge is -2.20. The van der Waals surface area contributed by atoms with Crippen molar-refractivity contribution in [3.05, 3.63) is 61.8 Å². The Kier molecular flexibility index (Phi) is 9.26. The summed E-state index contributed by atoms with van der Waals surface area (Å²) in [6.07, 6.45) is 5.30. The van der Waals surface area contributed by atoms with Crippen molar-refractivity contribution < 1.29 is 14.3 Å². The molecule has 38 heavy (non-hydrogen) atoms. The Morgan fingerprint density at radius 3 is 2.71 bits per heavy atom. The van der Waals surface area contributed by atoms with Crippen LogP contribution in [0.2, 0.25) is 0 Å². The number of nitrogens with zero attached hydrogens (tertiary/aromatic N) is 3. The van der Waals surface area contributed by atoms with Crippen LogP contribution in [0.25, 0.3) is 6.08 Å². The Morgan fingerprint density at radius 1 is 1.32 bits per heavy atom. The summed E-state index contributed by atoms with van der Waals surface area (Å²) in [5, 5.41) is 13.3. The molecule has 0 radical (unpaired) electrons. The predicted molar refractivity (Wildman–Crippen MR) is 154 cm³/mol. The van der Waals surface area contributed by atoms with Crippen LogP contribution >= 0.6 is 24.0 Å². The Morgan fingerprint density at radius 2 is 2.08 bits per heavy atom. The van der Waals surface area contributed by atoms with Crippen LogP contribution in [0.15, 0.2) is 34.0 Å². The summed E-state index contributed by atoms with van der Waals surface area (Å²) < 4.78 is 13.1. The minimum atomic E-state index is -0.334. The van der Waals surface area contributed by atoms with E-state index in [0.29, 0.717) is 52.4 Å². The summed E-state index contributed by atoms with van der Waals surface area (Å²) in [5.41, 5.74) is 1.92. The zero-order valence-electron chi connectivity index (χ0n) is 21.9. The van der Waals surface area contributed by atoms with Crippen molar-refractivity contribution in [2.24, 2.45) is 0 Å². The molecular formula is C28H32N4O4S2. The molecule has 2 aliphatic heterocycles. The van der Waals surface area contributed by atoms with E-state index < -0.39 is 0 Å². The molecule has 0 bridgehead atoms. The number of carbonyl (C=O) groups is 1. The van der Waals surface area contributed by atoms with Crippen molar-refractivity contribution in [2.75, 3.05) is 25.6 Å². The number of ether oxygens (including phenoxy) is 2. The third-order valence-electron chi connectivity index (χ3n) is 6.79. The molecule has 1 N–H and O–H groups in total. The zero-order valence-corrected chi connectivity index (χ0v) is 23.5. The number of aromatic nitrogens is 1. The van der Waals surface area contributed by atoms with Crippen LogP contribution < -0.4 is 15.6 Å². The number of nitriles is 1. The van der Waals surface area contributed by atoms with Gasteiger partial charge in [0.1, 0.15) is 27.5 Å². The standard InChI is InChI=1S/C28H32N4O4S2/c1-4-5-12-31-25(30-16-19-8-10-20(35-3)11-9-19)22(18(2)23(15-29)26(31)33)14-24-27(34)32(28(37)38-24)17-21-7-6-13-36-21/h8-11,14,21,30H,4-7,12-13,16-17H2,1-3H3/b24-14+. The van der Waals surface area contributed by atoms with Gasteiger partial charge < -0.3 is 14.8 Å². The molecular weight excluding hydrogens is 520 g/mol. The molecule has 10 heteroatoms. The quantitative estimate of drug-likeness (QED) is 0.331. The second-order valence-electron chi connectivity index (χ2n) is 9.31. The first-order valence-corrected chi connectivity index (χ1v) is 14.0. The summed E-state index contributed by atoms with van der Waals surface area (Å²) in [4.78, 5) is 28.8. The highest BCUT2D eigenvalue weighted by atomic mass is 32.2. The number of pyridine rings is 1. The number of thiocarbonyl (C=S) groups is 1. The molecule has 3 heterocycles. The maximum Gasteiger partial charge on any atom is 0.270 e. The third-order valence-corrected chi connectivity index (χ3v) is 8.17. The number of methoxy groups -OCH3 is 1. The summed E-state index contributed by atoms with van der Waals surface area (Å²) in [7, 11) is 1.62. The highest BCUT2D eigenvalue weighted by Gasteiger charge is 2.35. The number of benzene rings is 1. The van der Waals surface area contributed by atoms with Crippen molar-refractivity contribution in [1.82, 2.24) is 9.47 Å². The lowest BCUT2D eigenvalue weighted by atomic mass is 10.0. The number of carbonyl (C=O) groups excluding carboxylic acids is 1. The molecule has 1 unspecified atom stereocenters. The van der Waals surface area contributed by atoms with Gasteiger partial charge in [-0.15, -0.1) is 0 Å². The van der Waals surface area contributed by atoms with Gasteiger partial charge in [0.25, 0.3) is 11.5 Å². The maximum absolute atomic E-state index is 13.4. The Bertz CT molecular complexity index is 1340. The first kappa shape index (κ1) is 27.9. The van der Waals surface area contributed by atoms with Crippen molar-refractivity contribution >= 4 is 46.1 Å². The van der Waals surface area contributed by atoms with Gasteiger partial charge in [-0.25, -0.2) is 0 Å². The molecule has 8 nitrogen and oxygen atoms in total. The van der Waals surface area contributed by atoms with Crippen LogP contribution in [0.3, 0.4) is 0 Å². The van der Waals surface area contributed by atoms with E-state index in [0.717, 1.165) is 37.0 Å². The number of rotatable bonds is 10. The number of hydrogen-bond donors (Lipinski definition) is 1. The molecule has 1 aromatic heterocycles. The fraction of sp³-hybridized carbons (Fsp3) is 0.429. The largest absolute Gasteiger partial charge is 0.497 e. The Balaban J connectivity index is 1.74. The van der Waals surface area contributed by atoms with E-state index in [1.165, 1.54) is 11.8 Å². The molecule has 0 spiro atoms. The van der Waals surface area contributed by atoms with Crippen LogP contribution in [0, 0.1) is 18.3 Å². The van der Waals surface area contributed by atoms with Crippen molar-refractivity contribution in [3.8, 4) is 11.8 Å². The number of thioether (sulfide) groups is 1. The number of amides is 1. The van der Waals surface area contributed by atoms with E-state index in [-0.39, 0.29) is 23.1 Å². The van der Waals surface area contributed by atoms with E-state index in [9.17, 15) is 14.9 Å². The van der Waals surface area contributed by atoms with Gasteiger partial charge in [-0.1, -0.05) is 49.5 Å². The van der Waals surface area contributed by atoms with E-state index >= 15 is 0 Å². The van der Waals surface area contributed by atoms with Crippen LogP contribution in [0.1, 0.15) is 54.9 Å². The summed E-state index contributed by atoms with van der Waals surface area (Å²) in [6.45, 7) is 5.84. The first-order chi connectivity index (χ1) is 18.4. The predicted octanol–water partition coefficient (Wildman–Crippen LogP) is 4.83. The van der Waals surface area contributed by atoms with Crippen molar-refractivity contribution in [2.45, 2.75) is 58.7 Å². The van der Waals surface area contributed by atoms with E-state index in [1.54, 1.807) is 29.6 Å². The van der Waals surface area contributed by atoms with Crippen LogP contribution in [-0.4, -0.2) is 46.1 Å². The average molecular weight is 553 g/mol. The smallest absolute Gasteiger partial charge is 0.270 e. The van der Waals surface area contributed by atoms with Gasteiger partial charge in [-0.3, -0.25) is 19.1 Å². The first-order valence-electron chi connectivity index (χ1n) is 12.8. The SMILES string of the molecule is CCCCn1c(NCc2ccc(OC)cc2)c(/C=C2/SC(=S)N(CC3CCCO3)C2=O)c(C)c(C#N)c1=O. The van der Waals surface area contributed by atoms with Crippen LogP contribution in [0.5, 0.6) is 5.75 Å². The Hall–Kier alpha value is -3.13. The summed E-state index contributed by atoms with van der Waals surface area (Å²) >= 11 is 6.78. The molecule has 0 saturated carbocycles. The van der Waals surface area contributed by atoms with E-state index in [4.69, 9.17) is 21.7 Å². The van der Waals surface area contributed by atoms with Gasteiger partial charge in [0, 0.05) is 25.3 Å². The highest BCUT2D eigenvalue weighted by molar-refractivity contribution is 8.26. The number of anilines is 1. The molecule has 2 saturated heterocycles. The number of nitrogens with one attached hydrogen (secondary N) is 1. The topological polar surface area (TPSA) is 96.6 Å². The molecule has 4 rings (SSSR count). The molecule has 2 aromatic rings. The summed E-state index contributed by atoms with van der Waals surface area (Å²) in [6, 6.07) is 9.75. The number of hydrogen-bond acceptors (Lipinski definition) is 8. The van der Waals surface area contributed by atoms with Crippen molar-refractivity contribution in [1.29, 1.82) is 5.26 Å². The van der Waals surface area contributed by atoms with E-state index in [2.05, 4.69) is 18.3 Å². The van der Waals surface area contributed by atoms with Crippen LogP contribution in [-0.2, 0) is 22.6 Å². The highest BCUT2D eigenvalue weighted by Crippen LogP contribution is 2.36. The van der Waals surface area contributed by atoms with Gasteiger partial charge in [0.2, 0.25) is 0 Å². The van der Waals surface area contributed by atoms with E-state index in [1.807, 2.05) is 24.3 Å².